The van der Waals surface area contributed by atoms with Crippen molar-refractivity contribution in [3.8, 4) is 0 Å². The summed E-state index contributed by atoms with van der Waals surface area (Å²) in [6.07, 6.45) is 0. The Labute approximate surface area is 115 Å². The van der Waals surface area contributed by atoms with Crippen LogP contribution in [0, 0.1) is 0 Å². The average molecular weight is 287 g/mol. The Balaban J connectivity index is 1.91. The summed E-state index contributed by atoms with van der Waals surface area (Å²) < 4.78 is 0. The van der Waals surface area contributed by atoms with E-state index in [1.54, 1.807) is 16.7 Å². The van der Waals surface area contributed by atoms with Crippen molar-refractivity contribution in [2.45, 2.75) is 12.3 Å². The van der Waals surface area contributed by atoms with Gasteiger partial charge in [0.05, 0.1) is 4.88 Å². The van der Waals surface area contributed by atoms with Gasteiger partial charge in [-0.2, -0.15) is 0 Å². The minimum atomic E-state index is -0.496. The quantitative estimate of drug-likeness (QED) is 0.776. The third-order valence-corrected chi connectivity index (χ3v) is 4.00. The maximum absolute atomic E-state index is 12.1. The molecule has 1 aromatic rings. The van der Waals surface area contributed by atoms with Crippen LogP contribution in [0.2, 0.25) is 0 Å². The number of carbonyl (C=O) groups excluding carboxylic acids is 2. The van der Waals surface area contributed by atoms with E-state index in [0.29, 0.717) is 26.2 Å². The van der Waals surface area contributed by atoms with Gasteiger partial charge in [-0.3, -0.25) is 9.59 Å². The lowest BCUT2D eigenvalue weighted by Gasteiger charge is -2.35. The van der Waals surface area contributed by atoms with Crippen LogP contribution in [0.4, 0.5) is 0 Å². The first-order valence-electron chi connectivity index (χ1n) is 5.85. The number of halogens is 1. The van der Waals surface area contributed by atoms with E-state index in [4.69, 9.17) is 11.6 Å². The highest BCUT2D eigenvalue weighted by atomic mass is 35.5. The summed E-state index contributed by atoms with van der Waals surface area (Å²) in [6, 6.07) is 3.69. The molecule has 1 aromatic heterocycles. The molecule has 0 saturated carbocycles. The summed E-state index contributed by atoms with van der Waals surface area (Å²) in [4.78, 5) is 28.0. The average Bonchev–Trinajstić information content (AvgIpc) is 2.91. The van der Waals surface area contributed by atoms with Crippen LogP contribution < -0.4 is 0 Å². The Morgan fingerprint density at radius 3 is 2.39 bits per heavy atom. The van der Waals surface area contributed by atoms with E-state index < -0.39 is 5.38 Å². The van der Waals surface area contributed by atoms with E-state index in [1.165, 1.54) is 11.3 Å². The van der Waals surface area contributed by atoms with E-state index in [9.17, 15) is 9.59 Å². The summed E-state index contributed by atoms with van der Waals surface area (Å²) >= 11 is 7.22. The van der Waals surface area contributed by atoms with Gasteiger partial charge in [0, 0.05) is 26.2 Å². The molecule has 98 valence electrons. The highest BCUT2D eigenvalue weighted by Gasteiger charge is 2.26. The molecule has 6 heteroatoms. The summed E-state index contributed by atoms with van der Waals surface area (Å²) in [7, 11) is 0. The zero-order valence-corrected chi connectivity index (χ0v) is 11.7. The van der Waals surface area contributed by atoms with Crippen LogP contribution in [-0.4, -0.2) is 53.2 Å². The van der Waals surface area contributed by atoms with E-state index in [-0.39, 0.29) is 11.8 Å². The van der Waals surface area contributed by atoms with Gasteiger partial charge in [0.25, 0.3) is 5.91 Å². The zero-order valence-electron chi connectivity index (χ0n) is 10.1. The molecular formula is C12H15ClN2O2S. The van der Waals surface area contributed by atoms with Crippen molar-refractivity contribution in [3.63, 3.8) is 0 Å². The van der Waals surface area contributed by atoms with Crippen LogP contribution in [0.1, 0.15) is 16.6 Å². The first-order valence-corrected chi connectivity index (χ1v) is 7.17. The maximum atomic E-state index is 12.1. The topological polar surface area (TPSA) is 40.6 Å². The normalized spacial score (nSPS) is 17.7. The molecule has 1 fully saturated rings. The third-order valence-electron chi connectivity index (χ3n) is 2.95. The first-order chi connectivity index (χ1) is 8.59. The molecule has 0 aliphatic carbocycles. The van der Waals surface area contributed by atoms with Crippen LogP contribution in [0.5, 0.6) is 0 Å². The molecule has 4 nitrogen and oxygen atoms in total. The number of piperazine rings is 1. The van der Waals surface area contributed by atoms with E-state index in [1.807, 2.05) is 17.5 Å². The fourth-order valence-corrected chi connectivity index (χ4v) is 2.77. The summed E-state index contributed by atoms with van der Waals surface area (Å²) in [5.74, 6) is -0.00379. The van der Waals surface area contributed by atoms with Gasteiger partial charge in [-0.25, -0.2) is 0 Å². The van der Waals surface area contributed by atoms with E-state index in [2.05, 4.69) is 0 Å². The second kappa shape index (κ2) is 5.71. The number of carbonyl (C=O) groups is 2. The Kier molecular flexibility index (Phi) is 4.24. The molecule has 0 radical (unpaired) electrons. The number of hydrogen-bond donors (Lipinski definition) is 0. The molecule has 1 aliphatic rings. The first kappa shape index (κ1) is 13.4. The number of thiophene rings is 1. The minimum Gasteiger partial charge on any atom is -0.338 e. The van der Waals surface area contributed by atoms with Crippen LogP contribution in [0.3, 0.4) is 0 Å². The second-order valence-electron chi connectivity index (χ2n) is 4.21. The molecule has 18 heavy (non-hydrogen) atoms. The fraction of sp³-hybridized carbons (Fsp3) is 0.500. The summed E-state index contributed by atoms with van der Waals surface area (Å²) in [6.45, 7) is 3.95. The molecule has 1 saturated heterocycles. The van der Waals surface area contributed by atoms with Gasteiger partial charge >= 0.3 is 0 Å². The highest BCUT2D eigenvalue weighted by molar-refractivity contribution is 7.12. The molecule has 0 spiro atoms. The largest absolute Gasteiger partial charge is 0.338 e. The van der Waals surface area contributed by atoms with Crippen molar-refractivity contribution in [1.29, 1.82) is 0 Å². The molecule has 2 rings (SSSR count). The second-order valence-corrected chi connectivity index (χ2v) is 5.81. The van der Waals surface area contributed by atoms with Crippen molar-refractivity contribution >= 4 is 34.8 Å². The van der Waals surface area contributed by atoms with Gasteiger partial charge in [0.15, 0.2) is 0 Å². The van der Waals surface area contributed by atoms with Gasteiger partial charge in [0.1, 0.15) is 5.38 Å². The predicted octanol–water partition coefficient (Wildman–Crippen LogP) is 1.66. The van der Waals surface area contributed by atoms with Crippen molar-refractivity contribution in [2.24, 2.45) is 0 Å². The van der Waals surface area contributed by atoms with Crippen molar-refractivity contribution < 1.29 is 9.59 Å². The van der Waals surface area contributed by atoms with Gasteiger partial charge in [0.2, 0.25) is 5.91 Å². The van der Waals surface area contributed by atoms with Crippen LogP contribution in [0.25, 0.3) is 0 Å². The molecular weight excluding hydrogens is 272 g/mol. The van der Waals surface area contributed by atoms with E-state index in [0.717, 1.165) is 4.88 Å². The van der Waals surface area contributed by atoms with Gasteiger partial charge in [-0.05, 0) is 18.4 Å². The number of nitrogens with zero attached hydrogens (tertiary/aromatic N) is 2. The maximum Gasteiger partial charge on any atom is 0.264 e. The smallest absolute Gasteiger partial charge is 0.264 e. The molecule has 2 heterocycles. The highest BCUT2D eigenvalue weighted by Crippen LogP contribution is 2.14. The molecule has 1 unspecified atom stereocenters. The summed E-state index contributed by atoms with van der Waals surface area (Å²) in [5.41, 5.74) is 0. The molecule has 1 aliphatic heterocycles. The van der Waals surface area contributed by atoms with Crippen molar-refractivity contribution in [1.82, 2.24) is 9.80 Å². The molecule has 0 bridgehead atoms. The standard InChI is InChI=1S/C12H15ClN2O2S/c1-9(13)11(16)14-4-6-15(7-5-14)12(17)10-3-2-8-18-10/h2-3,8-9H,4-7H2,1H3. The van der Waals surface area contributed by atoms with Crippen LogP contribution in [-0.2, 0) is 4.79 Å². The number of alkyl halides is 1. The Bertz CT molecular complexity index is 425. The van der Waals surface area contributed by atoms with Gasteiger partial charge < -0.3 is 9.80 Å². The molecule has 0 aromatic carbocycles. The predicted molar refractivity (Wildman–Crippen MR) is 72.1 cm³/mol. The minimum absolute atomic E-state index is 0.0519. The molecule has 0 N–H and O–H groups in total. The van der Waals surface area contributed by atoms with Crippen molar-refractivity contribution in [3.05, 3.63) is 22.4 Å². The van der Waals surface area contributed by atoms with Gasteiger partial charge in [-0.15, -0.1) is 22.9 Å². The Morgan fingerprint density at radius 2 is 1.89 bits per heavy atom. The Morgan fingerprint density at radius 1 is 1.28 bits per heavy atom. The lowest BCUT2D eigenvalue weighted by Crippen LogP contribution is -2.51. The summed E-state index contributed by atoms with van der Waals surface area (Å²) in [5, 5.41) is 1.40. The van der Waals surface area contributed by atoms with Crippen LogP contribution >= 0.6 is 22.9 Å². The number of rotatable bonds is 2. The van der Waals surface area contributed by atoms with Crippen LogP contribution in [0.15, 0.2) is 17.5 Å². The SMILES string of the molecule is CC(Cl)C(=O)N1CCN(C(=O)c2cccs2)CC1. The third kappa shape index (κ3) is 2.84. The number of amides is 2. The van der Waals surface area contributed by atoms with Gasteiger partial charge in [-0.1, -0.05) is 6.07 Å². The van der Waals surface area contributed by atoms with E-state index >= 15 is 0 Å². The lowest BCUT2D eigenvalue weighted by atomic mass is 10.2. The molecule has 1 atom stereocenters. The Hall–Kier alpha value is -1.07. The lowest BCUT2D eigenvalue weighted by molar-refractivity contribution is -0.131. The number of hydrogen-bond acceptors (Lipinski definition) is 3. The fourth-order valence-electron chi connectivity index (χ4n) is 1.94. The monoisotopic (exact) mass is 286 g/mol. The zero-order chi connectivity index (χ0) is 13.1. The van der Waals surface area contributed by atoms with Crippen molar-refractivity contribution in [2.75, 3.05) is 26.2 Å². The molecule has 2 amide bonds.